The molecule has 1 aromatic heterocycles. The Hall–Kier alpha value is -2.38. The quantitative estimate of drug-likeness (QED) is 0.584. The van der Waals surface area contributed by atoms with Crippen molar-refractivity contribution in [2.45, 2.75) is 30.4 Å². The predicted octanol–water partition coefficient (Wildman–Crippen LogP) is 5.02. The Morgan fingerprint density at radius 1 is 1.04 bits per heavy atom. The summed E-state index contributed by atoms with van der Waals surface area (Å²) in [6.07, 6.45) is 0. The van der Waals surface area contributed by atoms with E-state index in [2.05, 4.69) is 20.8 Å². The van der Waals surface area contributed by atoms with Gasteiger partial charge in [-0.25, -0.2) is 0 Å². The van der Waals surface area contributed by atoms with Crippen LogP contribution < -0.4 is 10.6 Å². The number of carbonyl (C=O) groups is 1. The summed E-state index contributed by atoms with van der Waals surface area (Å²) in [5, 5.41) is 14.9. The van der Waals surface area contributed by atoms with E-state index in [1.54, 1.807) is 0 Å². The molecule has 134 valence electrons. The minimum Gasteiger partial charge on any atom is -0.330 e. The SMILES string of the molecule is Cc1cccc(NC(=O)[C@@H](C)Sc2nnc(Nc3cccc(C)c3)s2)c1. The normalized spacial score (nSPS) is 11.8. The van der Waals surface area contributed by atoms with E-state index in [0.717, 1.165) is 21.3 Å². The highest BCUT2D eigenvalue weighted by Crippen LogP contribution is 2.31. The molecule has 5 nitrogen and oxygen atoms in total. The van der Waals surface area contributed by atoms with Crippen molar-refractivity contribution < 1.29 is 4.79 Å². The second-order valence-electron chi connectivity index (χ2n) is 5.99. The number of thioether (sulfide) groups is 1. The second-order valence-corrected chi connectivity index (χ2v) is 8.55. The minimum absolute atomic E-state index is 0.0519. The molecular weight excluding hydrogens is 364 g/mol. The summed E-state index contributed by atoms with van der Waals surface area (Å²) >= 11 is 2.84. The van der Waals surface area contributed by atoms with Crippen molar-refractivity contribution in [1.82, 2.24) is 10.2 Å². The zero-order valence-corrected chi connectivity index (χ0v) is 16.4. The van der Waals surface area contributed by atoms with E-state index in [0.29, 0.717) is 5.13 Å². The van der Waals surface area contributed by atoms with E-state index in [-0.39, 0.29) is 11.2 Å². The van der Waals surface area contributed by atoms with Gasteiger partial charge >= 0.3 is 0 Å². The zero-order chi connectivity index (χ0) is 18.5. The van der Waals surface area contributed by atoms with Crippen molar-refractivity contribution in [2.24, 2.45) is 0 Å². The van der Waals surface area contributed by atoms with Gasteiger partial charge in [0.25, 0.3) is 0 Å². The summed E-state index contributed by atoms with van der Waals surface area (Å²) in [5.74, 6) is -0.0519. The van der Waals surface area contributed by atoms with Crippen LogP contribution in [0.2, 0.25) is 0 Å². The number of hydrogen-bond acceptors (Lipinski definition) is 6. The van der Waals surface area contributed by atoms with Crippen molar-refractivity contribution >= 4 is 45.5 Å². The van der Waals surface area contributed by atoms with Crippen LogP contribution in [0.15, 0.2) is 52.9 Å². The van der Waals surface area contributed by atoms with Crippen molar-refractivity contribution in [1.29, 1.82) is 0 Å². The Morgan fingerprint density at radius 2 is 1.69 bits per heavy atom. The Kier molecular flexibility index (Phi) is 5.90. The van der Waals surface area contributed by atoms with Gasteiger partial charge in [0, 0.05) is 11.4 Å². The molecular formula is C19H20N4OS2. The summed E-state index contributed by atoms with van der Waals surface area (Å²) in [6.45, 7) is 5.91. The first-order valence-corrected chi connectivity index (χ1v) is 9.90. The van der Waals surface area contributed by atoms with Gasteiger partial charge in [0.05, 0.1) is 5.25 Å². The van der Waals surface area contributed by atoms with Gasteiger partial charge in [-0.05, 0) is 56.2 Å². The maximum atomic E-state index is 12.4. The lowest BCUT2D eigenvalue weighted by Crippen LogP contribution is -2.22. The van der Waals surface area contributed by atoms with E-state index in [9.17, 15) is 4.79 Å². The van der Waals surface area contributed by atoms with E-state index < -0.39 is 0 Å². The number of anilines is 3. The third-order valence-corrected chi connectivity index (χ3v) is 5.63. The lowest BCUT2D eigenvalue weighted by atomic mass is 10.2. The van der Waals surface area contributed by atoms with Gasteiger partial charge in [-0.3, -0.25) is 4.79 Å². The molecule has 1 heterocycles. The number of hydrogen-bond donors (Lipinski definition) is 2. The predicted molar refractivity (Wildman–Crippen MR) is 109 cm³/mol. The number of amides is 1. The highest BCUT2D eigenvalue weighted by molar-refractivity contribution is 8.02. The van der Waals surface area contributed by atoms with Gasteiger partial charge in [-0.15, -0.1) is 10.2 Å². The lowest BCUT2D eigenvalue weighted by molar-refractivity contribution is -0.115. The smallest absolute Gasteiger partial charge is 0.237 e. The van der Waals surface area contributed by atoms with Crippen molar-refractivity contribution in [3.05, 3.63) is 59.7 Å². The summed E-state index contributed by atoms with van der Waals surface area (Å²) in [5.41, 5.74) is 4.07. The summed E-state index contributed by atoms with van der Waals surface area (Å²) in [4.78, 5) is 12.4. The standard InChI is InChI=1S/C19H20N4OS2/c1-12-6-4-8-15(10-12)20-17(24)14(3)25-19-23-22-18(26-19)21-16-9-5-7-13(2)11-16/h4-11,14H,1-3H3,(H,20,24)(H,21,22)/t14-/m1/s1. The molecule has 1 atom stereocenters. The van der Waals surface area contributed by atoms with Crippen molar-refractivity contribution in [2.75, 3.05) is 10.6 Å². The van der Waals surface area contributed by atoms with Gasteiger partial charge in [0.2, 0.25) is 11.0 Å². The van der Waals surface area contributed by atoms with Crippen LogP contribution >= 0.6 is 23.1 Å². The molecule has 0 fully saturated rings. The fourth-order valence-electron chi connectivity index (χ4n) is 2.33. The number of aryl methyl sites for hydroxylation is 2. The van der Waals surface area contributed by atoms with E-state index >= 15 is 0 Å². The molecule has 0 aliphatic rings. The molecule has 26 heavy (non-hydrogen) atoms. The zero-order valence-electron chi connectivity index (χ0n) is 14.8. The molecule has 0 aliphatic heterocycles. The maximum absolute atomic E-state index is 12.4. The minimum atomic E-state index is -0.268. The molecule has 1 amide bonds. The number of nitrogens with one attached hydrogen (secondary N) is 2. The highest BCUT2D eigenvalue weighted by atomic mass is 32.2. The monoisotopic (exact) mass is 384 g/mol. The molecule has 0 saturated heterocycles. The summed E-state index contributed by atoms with van der Waals surface area (Å²) < 4.78 is 0.757. The molecule has 2 aromatic carbocycles. The van der Waals surface area contributed by atoms with Crippen LogP contribution in [0.3, 0.4) is 0 Å². The van der Waals surface area contributed by atoms with Crippen molar-refractivity contribution in [3.63, 3.8) is 0 Å². The van der Waals surface area contributed by atoms with Crippen LogP contribution in [0.25, 0.3) is 0 Å². The molecule has 0 bridgehead atoms. The molecule has 0 spiro atoms. The fourth-order valence-corrected chi connectivity index (χ4v) is 4.24. The number of carbonyl (C=O) groups excluding carboxylic acids is 1. The van der Waals surface area contributed by atoms with Gasteiger partial charge in [0.1, 0.15) is 0 Å². The molecule has 0 radical (unpaired) electrons. The summed E-state index contributed by atoms with van der Waals surface area (Å²) in [6, 6.07) is 15.8. The summed E-state index contributed by atoms with van der Waals surface area (Å²) in [7, 11) is 0. The van der Waals surface area contributed by atoms with Gasteiger partial charge in [0.15, 0.2) is 4.34 Å². The number of rotatable bonds is 6. The number of aromatic nitrogens is 2. The molecule has 2 N–H and O–H groups in total. The van der Waals surface area contributed by atoms with Crippen LogP contribution in [0.1, 0.15) is 18.1 Å². The van der Waals surface area contributed by atoms with Gasteiger partial charge in [-0.1, -0.05) is 47.4 Å². The Morgan fingerprint density at radius 3 is 2.38 bits per heavy atom. The Balaban J connectivity index is 1.58. The molecule has 0 aliphatic carbocycles. The molecule has 7 heteroatoms. The van der Waals surface area contributed by atoms with Crippen LogP contribution in [-0.2, 0) is 4.79 Å². The third kappa shape index (κ3) is 5.06. The van der Waals surface area contributed by atoms with Crippen LogP contribution in [0.5, 0.6) is 0 Å². The highest BCUT2D eigenvalue weighted by Gasteiger charge is 2.17. The van der Waals surface area contributed by atoms with E-state index in [1.165, 1.54) is 28.7 Å². The first-order chi connectivity index (χ1) is 12.5. The maximum Gasteiger partial charge on any atom is 0.237 e. The topological polar surface area (TPSA) is 66.9 Å². The molecule has 3 aromatic rings. The van der Waals surface area contributed by atoms with E-state index in [1.807, 2.05) is 69.3 Å². The Bertz CT molecular complexity index is 910. The first-order valence-electron chi connectivity index (χ1n) is 8.21. The Labute approximate surface area is 161 Å². The third-order valence-electron chi connectivity index (χ3n) is 3.61. The fraction of sp³-hybridized carbons (Fsp3) is 0.211. The molecule has 3 rings (SSSR count). The van der Waals surface area contributed by atoms with Gasteiger partial charge < -0.3 is 10.6 Å². The lowest BCUT2D eigenvalue weighted by Gasteiger charge is -2.10. The average Bonchev–Trinajstić information content (AvgIpc) is 3.01. The first kappa shape index (κ1) is 18.4. The van der Waals surface area contributed by atoms with Crippen LogP contribution in [0, 0.1) is 13.8 Å². The average molecular weight is 385 g/mol. The van der Waals surface area contributed by atoms with Gasteiger partial charge in [-0.2, -0.15) is 0 Å². The number of nitrogens with zero attached hydrogens (tertiary/aromatic N) is 2. The van der Waals surface area contributed by atoms with E-state index in [4.69, 9.17) is 0 Å². The largest absolute Gasteiger partial charge is 0.330 e. The van der Waals surface area contributed by atoms with Crippen LogP contribution in [-0.4, -0.2) is 21.4 Å². The van der Waals surface area contributed by atoms with Crippen LogP contribution in [0.4, 0.5) is 16.5 Å². The van der Waals surface area contributed by atoms with Crippen molar-refractivity contribution in [3.8, 4) is 0 Å². The second kappa shape index (κ2) is 8.33. The molecule has 0 unspecified atom stereocenters. The molecule has 0 saturated carbocycles. The number of benzene rings is 2.